The summed E-state index contributed by atoms with van der Waals surface area (Å²) in [6.45, 7) is 6.96. The molecule has 96 valence electrons. The topological polar surface area (TPSA) is 34.1 Å². The van der Waals surface area contributed by atoms with Crippen molar-refractivity contribution in [3.8, 4) is 0 Å². The Bertz CT molecular complexity index is 327. The first-order chi connectivity index (χ1) is 8.04. The summed E-state index contributed by atoms with van der Waals surface area (Å²) in [4.78, 5) is 4.07. The van der Waals surface area contributed by atoms with Crippen molar-refractivity contribution in [1.29, 1.82) is 0 Å². The van der Waals surface area contributed by atoms with Crippen LogP contribution in [0, 0.1) is 11.7 Å². The molecule has 1 N–H and O–H groups in total. The molecule has 0 radical (unpaired) electrons. The number of hydrogen-bond acceptors (Lipinski definition) is 3. The number of methoxy groups -OCH3 is 1. The van der Waals surface area contributed by atoms with E-state index >= 15 is 0 Å². The molecule has 0 amide bonds. The molecule has 0 aromatic carbocycles. The molecule has 2 unspecified atom stereocenters. The molecule has 0 fully saturated rings. The molecule has 0 aliphatic heterocycles. The Morgan fingerprint density at radius 1 is 1.35 bits per heavy atom. The number of hydrogen-bond donors (Lipinski definition) is 1. The van der Waals surface area contributed by atoms with E-state index in [9.17, 15) is 4.39 Å². The van der Waals surface area contributed by atoms with Crippen molar-refractivity contribution in [3.63, 3.8) is 0 Å². The van der Waals surface area contributed by atoms with Crippen molar-refractivity contribution < 1.29 is 9.13 Å². The van der Waals surface area contributed by atoms with Crippen molar-refractivity contribution in [1.82, 2.24) is 10.3 Å². The summed E-state index contributed by atoms with van der Waals surface area (Å²) >= 11 is 0. The normalized spacial score (nSPS) is 14.9. The third-order valence-electron chi connectivity index (χ3n) is 2.81. The van der Waals surface area contributed by atoms with Gasteiger partial charge in [0.05, 0.1) is 18.5 Å². The molecule has 2 atom stereocenters. The van der Waals surface area contributed by atoms with Crippen molar-refractivity contribution in [2.24, 2.45) is 5.92 Å². The van der Waals surface area contributed by atoms with E-state index in [1.807, 2.05) is 6.92 Å². The van der Waals surface area contributed by atoms with Crippen LogP contribution >= 0.6 is 0 Å². The monoisotopic (exact) mass is 240 g/mol. The van der Waals surface area contributed by atoms with Gasteiger partial charge in [0.25, 0.3) is 0 Å². The van der Waals surface area contributed by atoms with Crippen molar-refractivity contribution in [3.05, 3.63) is 29.8 Å². The van der Waals surface area contributed by atoms with E-state index in [4.69, 9.17) is 4.74 Å². The fraction of sp³-hybridized carbons (Fsp3) is 0.615. The lowest BCUT2D eigenvalue weighted by Crippen LogP contribution is -2.39. The standard InChI is InChI=1S/C13H21FN2O/c1-9(2)13(8-17-4)16-10(3)12-6-5-11(14)7-15-12/h5-7,9-10,13,16H,8H2,1-4H3. The minimum Gasteiger partial charge on any atom is -0.383 e. The molecular formula is C13H21FN2O. The highest BCUT2D eigenvalue weighted by Crippen LogP contribution is 2.13. The highest BCUT2D eigenvalue weighted by Gasteiger charge is 2.17. The lowest BCUT2D eigenvalue weighted by molar-refractivity contribution is 0.141. The first-order valence-electron chi connectivity index (χ1n) is 5.91. The summed E-state index contributed by atoms with van der Waals surface area (Å²) in [5.74, 6) is 0.163. The van der Waals surface area contributed by atoms with Gasteiger partial charge in [0.1, 0.15) is 5.82 Å². The molecule has 3 nitrogen and oxygen atoms in total. The number of ether oxygens (including phenoxy) is 1. The van der Waals surface area contributed by atoms with Crippen LogP contribution in [0.25, 0.3) is 0 Å². The fourth-order valence-corrected chi connectivity index (χ4v) is 1.66. The maximum atomic E-state index is 12.8. The second-order valence-electron chi connectivity index (χ2n) is 4.60. The van der Waals surface area contributed by atoms with Gasteiger partial charge in [-0.1, -0.05) is 13.8 Å². The highest BCUT2D eigenvalue weighted by molar-refractivity contribution is 5.09. The van der Waals surface area contributed by atoms with Gasteiger partial charge >= 0.3 is 0 Å². The maximum absolute atomic E-state index is 12.8. The number of aromatic nitrogens is 1. The van der Waals surface area contributed by atoms with Gasteiger partial charge in [-0.2, -0.15) is 0 Å². The first kappa shape index (κ1) is 14.1. The molecule has 0 spiro atoms. The van der Waals surface area contributed by atoms with Crippen LogP contribution in [0.3, 0.4) is 0 Å². The number of halogens is 1. The van der Waals surface area contributed by atoms with Crippen LogP contribution in [-0.4, -0.2) is 24.7 Å². The second kappa shape index (κ2) is 6.67. The van der Waals surface area contributed by atoms with Crippen LogP contribution in [0.15, 0.2) is 18.3 Å². The second-order valence-corrected chi connectivity index (χ2v) is 4.60. The van der Waals surface area contributed by atoms with Gasteiger partial charge in [0.2, 0.25) is 0 Å². The third kappa shape index (κ3) is 4.40. The van der Waals surface area contributed by atoms with E-state index in [1.165, 1.54) is 12.3 Å². The molecule has 0 aliphatic rings. The average Bonchev–Trinajstić information content (AvgIpc) is 2.29. The van der Waals surface area contributed by atoms with Gasteiger partial charge in [0.15, 0.2) is 0 Å². The lowest BCUT2D eigenvalue weighted by Gasteiger charge is -2.25. The SMILES string of the molecule is COCC(NC(C)c1ccc(F)cn1)C(C)C. The number of nitrogens with zero attached hydrogens (tertiary/aromatic N) is 1. The van der Waals surface area contributed by atoms with E-state index < -0.39 is 0 Å². The van der Waals surface area contributed by atoms with Crippen LogP contribution in [0.2, 0.25) is 0 Å². The Morgan fingerprint density at radius 2 is 2.06 bits per heavy atom. The Kier molecular flexibility index (Phi) is 5.51. The maximum Gasteiger partial charge on any atom is 0.141 e. The van der Waals surface area contributed by atoms with E-state index in [2.05, 4.69) is 24.1 Å². The molecule has 1 heterocycles. The Morgan fingerprint density at radius 3 is 2.53 bits per heavy atom. The number of nitrogens with one attached hydrogen (secondary N) is 1. The molecule has 17 heavy (non-hydrogen) atoms. The van der Waals surface area contributed by atoms with Gasteiger partial charge in [-0.15, -0.1) is 0 Å². The van der Waals surface area contributed by atoms with Crippen LogP contribution < -0.4 is 5.32 Å². The lowest BCUT2D eigenvalue weighted by atomic mass is 10.0. The van der Waals surface area contributed by atoms with Gasteiger partial charge < -0.3 is 10.1 Å². The molecule has 0 saturated heterocycles. The molecule has 1 aromatic rings. The van der Waals surface area contributed by atoms with Crippen molar-refractivity contribution in [2.75, 3.05) is 13.7 Å². The van der Waals surface area contributed by atoms with Gasteiger partial charge in [-0.3, -0.25) is 4.98 Å². The molecular weight excluding hydrogens is 219 g/mol. The van der Waals surface area contributed by atoms with E-state index in [0.29, 0.717) is 12.5 Å². The van der Waals surface area contributed by atoms with Gasteiger partial charge in [-0.25, -0.2) is 4.39 Å². The average molecular weight is 240 g/mol. The predicted octanol–water partition coefficient (Wildman–Crippen LogP) is 2.54. The summed E-state index contributed by atoms with van der Waals surface area (Å²) in [5.41, 5.74) is 0.841. The molecule has 1 aromatic heterocycles. The predicted molar refractivity (Wildman–Crippen MR) is 66.2 cm³/mol. The summed E-state index contributed by atoms with van der Waals surface area (Å²) in [6, 6.07) is 3.48. The summed E-state index contributed by atoms with van der Waals surface area (Å²) in [6.07, 6.45) is 1.24. The molecule has 1 rings (SSSR count). The van der Waals surface area contributed by atoms with Gasteiger partial charge in [-0.05, 0) is 25.0 Å². The first-order valence-corrected chi connectivity index (χ1v) is 5.91. The Balaban J connectivity index is 2.63. The third-order valence-corrected chi connectivity index (χ3v) is 2.81. The smallest absolute Gasteiger partial charge is 0.141 e. The Hall–Kier alpha value is -1.00. The quantitative estimate of drug-likeness (QED) is 0.829. The molecule has 4 heteroatoms. The molecule has 0 bridgehead atoms. The summed E-state index contributed by atoms with van der Waals surface area (Å²) < 4.78 is 17.9. The molecule has 0 aliphatic carbocycles. The summed E-state index contributed by atoms with van der Waals surface area (Å²) in [7, 11) is 1.69. The summed E-state index contributed by atoms with van der Waals surface area (Å²) in [5, 5.41) is 3.44. The minimum atomic E-state index is -0.307. The van der Waals surface area contributed by atoms with Crippen molar-refractivity contribution >= 4 is 0 Å². The van der Waals surface area contributed by atoms with Crippen LogP contribution in [0.5, 0.6) is 0 Å². The van der Waals surface area contributed by atoms with Crippen LogP contribution in [-0.2, 0) is 4.74 Å². The number of pyridine rings is 1. The minimum absolute atomic E-state index is 0.0816. The highest BCUT2D eigenvalue weighted by atomic mass is 19.1. The van der Waals surface area contributed by atoms with Crippen LogP contribution in [0.1, 0.15) is 32.5 Å². The van der Waals surface area contributed by atoms with E-state index in [0.717, 1.165) is 5.69 Å². The fourth-order valence-electron chi connectivity index (χ4n) is 1.66. The Labute approximate surface area is 102 Å². The zero-order valence-electron chi connectivity index (χ0n) is 10.9. The zero-order chi connectivity index (χ0) is 12.8. The number of rotatable bonds is 6. The van der Waals surface area contributed by atoms with Gasteiger partial charge in [0, 0.05) is 19.2 Å². The van der Waals surface area contributed by atoms with Crippen LogP contribution in [0.4, 0.5) is 4.39 Å². The molecule has 0 saturated carbocycles. The van der Waals surface area contributed by atoms with E-state index in [-0.39, 0.29) is 17.9 Å². The van der Waals surface area contributed by atoms with E-state index in [1.54, 1.807) is 13.2 Å². The zero-order valence-corrected chi connectivity index (χ0v) is 10.9. The largest absolute Gasteiger partial charge is 0.383 e. The van der Waals surface area contributed by atoms with Crippen molar-refractivity contribution in [2.45, 2.75) is 32.9 Å².